The molecule has 0 radical (unpaired) electrons. The molecule has 3 aromatic rings. The Balaban J connectivity index is 1.33. The van der Waals surface area contributed by atoms with Gasteiger partial charge in [-0.3, -0.25) is 14.5 Å². The number of ether oxygens (including phenoxy) is 1. The van der Waals surface area contributed by atoms with Crippen LogP contribution in [-0.2, 0) is 6.54 Å². The minimum absolute atomic E-state index is 0.197. The summed E-state index contributed by atoms with van der Waals surface area (Å²) < 4.78 is 7.55. The van der Waals surface area contributed by atoms with Gasteiger partial charge in [-0.15, -0.1) is 0 Å². The first-order valence-corrected chi connectivity index (χ1v) is 9.31. The Hall–Kier alpha value is -3.19. The van der Waals surface area contributed by atoms with Crippen LogP contribution in [0.4, 0.5) is 0 Å². The van der Waals surface area contributed by atoms with Crippen LogP contribution in [0.3, 0.4) is 0 Å². The summed E-state index contributed by atoms with van der Waals surface area (Å²) >= 11 is 0. The SMILES string of the molecule is O=C(N[C@@H]1CC(Cn2cccn2)C[C@H]1O)c1ccc(Oc2cccnc2)cc1. The topological polar surface area (TPSA) is 89.3 Å². The zero-order valence-electron chi connectivity index (χ0n) is 15.3. The highest BCUT2D eigenvalue weighted by molar-refractivity contribution is 5.94. The highest BCUT2D eigenvalue weighted by Gasteiger charge is 2.34. The second-order valence-electron chi connectivity index (χ2n) is 7.03. The van der Waals surface area contributed by atoms with Crippen molar-refractivity contribution in [3.8, 4) is 11.5 Å². The van der Waals surface area contributed by atoms with Gasteiger partial charge in [0.05, 0.1) is 18.3 Å². The lowest BCUT2D eigenvalue weighted by Crippen LogP contribution is -2.39. The van der Waals surface area contributed by atoms with E-state index in [0.717, 1.165) is 13.0 Å². The molecule has 0 spiro atoms. The van der Waals surface area contributed by atoms with Crippen LogP contribution in [0, 0.1) is 5.92 Å². The molecule has 2 N–H and O–H groups in total. The van der Waals surface area contributed by atoms with Gasteiger partial charge in [-0.05, 0) is 61.2 Å². The van der Waals surface area contributed by atoms with Gasteiger partial charge in [-0.2, -0.15) is 5.10 Å². The van der Waals surface area contributed by atoms with Crippen LogP contribution < -0.4 is 10.1 Å². The fraction of sp³-hybridized carbons (Fsp3) is 0.286. The summed E-state index contributed by atoms with van der Waals surface area (Å²) in [7, 11) is 0. The molecule has 1 fully saturated rings. The molecule has 4 rings (SSSR count). The number of benzene rings is 1. The van der Waals surface area contributed by atoms with Crippen molar-refractivity contribution in [3.63, 3.8) is 0 Å². The Morgan fingerprint density at radius 1 is 1.14 bits per heavy atom. The predicted molar refractivity (Wildman–Crippen MR) is 103 cm³/mol. The van der Waals surface area contributed by atoms with E-state index in [1.807, 2.05) is 23.0 Å². The van der Waals surface area contributed by atoms with Crippen LogP contribution in [0.5, 0.6) is 11.5 Å². The number of aromatic nitrogens is 3. The van der Waals surface area contributed by atoms with Crippen molar-refractivity contribution in [3.05, 3.63) is 72.8 Å². The molecule has 0 saturated heterocycles. The number of nitrogens with one attached hydrogen (secondary N) is 1. The molecule has 2 heterocycles. The Morgan fingerprint density at radius 2 is 2.00 bits per heavy atom. The average molecular weight is 378 g/mol. The van der Waals surface area contributed by atoms with E-state index in [0.29, 0.717) is 23.5 Å². The molecule has 1 unspecified atom stereocenters. The molecule has 1 amide bonds. The lowest BCUT2D eigenvalue weighted by atomic mass is 10.1. The third-order valence-electron chi connectivity index (χ3n) is 4.93. The number of carbonyl (C=O) groups excluding carboxylic acids is 1. The summed E-state index contributed by atoms with van der Waals surface area (Å²) in [4.78, 5) is 16.6. The maximum Gasteiger partial charge on any atom is 0.251 e. The van der Waals surface area contributed by atoms with E-state index in [1.54, 1.807) is 48.9 Å². The molecule has 7 nitrogen and oxygen atoms in total. The molecule has 1 aliphatic rings. The first-order chi connectivity index (χ1) is 13.7. The van der Waals surface area contributed by atoms with Crippen molar-refractivity contribution in [2.75, 3.05) is 0 Å². The van der Waals surface area contributed by atoms with E-state index >= 15 is 0 Å². The van der Waals surface area contributed by atoms with Gasteiger partial charge in [0, 0.05) is 30.7 Å². The monoisotopic (exact) mass is 378 g/mol. The Morgan fingerprint density at radius 3 is 2.71 bits per heavy atom. The largest absolute Gasteiger partial charge is 0.456 e. The summed E-state index contributed by atoms with van der Waals surface area (Å²) in [6, 6.07) is 12.2. The smallest absolute Gasteiger partial charge is 0.251 e. The second-order valence-corrected chi connectivity index (χ2v) is 7.03. The van der Waals surface area contributed by atoms with Crippen LogP contribution in [0.2, 0.25) is 0 Å². The molecule has 0 bridgehead atoms. The minimum Gasteiger partial charge on any atom is -0.456 e. The number of pyridine rings is 1. The van der Waals surface area contributed by atoms with Crippen LogP contribution in [0.1, 0.15) is 23.2 Å². The van der Waals surface area contributed by atoms with Crippen molar-refractivity contribution >= 4 is 5.91 Å². The first kappa shape index (κ1) is 18.2. The number of aliphatic hydroxyl groups excluding tert-OH is 1. The van der Waals surface area contributed by atoms with Gasteiger partial charge in [0.15, 0.2) is 0 Å². The van der Waals surface area contributed by atoms with Crippen molar-refractivity contribution in [2.45, 2.75) is 31.5 Å². The predicted octanol–water partition coefficient (Wildman–Crippen LogP) is 2.64. The van der Waals surface area contributed by atoms with Gasteiger partial charge in [0.1, 0.15) is 11.5 Å². The number of carbonyl (C=O) groups is 1. The number of rotatable bonds is 6. The van der Waals surface area contributed by atoms with Gasteiger partial charge in [-0.1, -0.05) is 0 Å². The maximum absolute atomic E-state index is 12.5. The van der Waals surface area contributed by atoms with Gasteiger partial charge >= 0.3 is 0 Å². The second kappa shape index (κ2) is 8.22. The zero-order chi connectivity index (χ0) is 19.3. The number of nitrogens with zero attached hydrogens (tertiary/aromatic N) is 3. The van der Waals surface area contributed by atoms with E-state index in [4.69, 9.17) is 4.74 Å². The minimum atomic E-state index is -0.544. The van der Waals surface area contributed by atoms with E-state index in [2.05, 4.69) is 15.4 Å². The lowest BCUT2D eigenvalue weighted by Gasteiger charge is -2.16. The number of aliphatic hydroxyl groups is 1. The molecule has 3 atom stereocenters. The Labute approximate surface area is 163 Å². The van der Waals surface area contributed by atoms with Gasteiger partial charge in [0.25, 0.3) is 5.91 Å². The van der Waals surface area contributed by atoms with E-state index in [-0.39, 0.29) is 17.9 Å². The zero-order valence-corrected chi connectivity index (χ0v) is 15.3. The van der Waals surface area contributed by atoms with Crippen molar-refractivity contribution in [2.24, 2.45) is 5.92 Å². The number of hydrogen-bond donors (Lipinski definition) is 2. The summed E-state index contributed by atoms with van der Waals surface area (Å²) in [6.45, 7) is 0.747. The quantitative estimate of drug-likeness (QED) is 0.688. The van der Waals surface area contributed by atoms with Crippen LogP contribution >= 0.6 is 0 Å². The molecular weight excluding hydrogens is 356 g/mol. The average Bonchev–Trinajstić information content (AvgIpc) is 3.33. The van der Waals surface area contributed by atoms with Crippen molar-refractivity contribution in [1.29, 1.82) is 0 Å². The van der Waals surface area contributed by atoms with E-state index in [1.165, 1.54) is 0 Å². The van der Waals surface area contributed by atoms with Crippen LogP contribution in [-0.4, -0.2) is 37.9 Å². The number of hydrogen-bond acceptors (Lipinski definition) is 5. The summed E-state index contributed by atoms with van der Waals surface area (Å²) in [5.41, 5.74) is 0.529. The van der Waals surface area contributed by atoms with Crippen molar-refractivity contribution in [1.82, 2.24) is 20.1 Å². The van der Waals surface area contributed by atoms with Gasteiger partial charge in [0.2, 0.25) is 0 Å². The summed E-state index contributed by atoms with van der Waals surface area (Å²) in [5, 5.41) is 17.5. The normalized spacial score (nSPS) is 21.4. The fourth-order valence-corrected chi connectivity index (χ4v) is 3.57. The fourth-order valence-electron chi connectivity index (χ4n) is 3.57. The molecule has 2 aromatic heterocycles. The van der Waals surface area contributed by atoms with Crippen molar-refractivity contribution < 1.29 is 14.6 Å². The standard InChI is InChI=1S/C21H22N4O3/c26-20-12-15(14-25-10-2-9-23-25)11-19(20)24-21(27)16-4-6-17(7-5-16)28-18-3-1-8-22-13-18/h1-10,13,15,19-20,26H,11-12,14H2,(H,24,27)/t15?,19-,20-/m1/s1. The maximum atomic E-state index is 12.5. The van der Waals surface area contributed by atoms with Crippen LogP contribution in [0.25, 0.3) is 0 Å². The highest BCUT2D eigenvalue weighted by Crippen LogP contribution is 2.28. The Kier molecular flexibility index (Phi) is 5.34. The summed E-state index contributed by atoms with van der Waals surface area (Å²) in [5.74, 6) is 1.36. The molecule has 0 aliphatic heterocycles. The van der Waals surface area contributed by atoms with E-state index in [9.17, 15) is 9.90 Å². The Bertz CT molecular complexity index is 897. The van der Waals surface area contributed by atoms with Gasteiger partial charge in [-0.25, -0.2) is 0 Å². The molecule has 1 aromatic carbocycles. The first-order valence-electron chi connectivity index (χ1n) is 9.31. The molecule has 7 heteroatoms. The summed E-state index contributed by atoms with van der Waals surface area (Å²) in [6.07, 6.45) is 7.80. The van der Waals surface area contributed by atoms with Crippen LogP contribution in [0.15, 0.2) is 67.3 Å². The molecule has 1 saturated carbocycles. The lowest BCUT2D eigenvalue weighted by molar-refractivity contribution is 0.0872. The third-order valence-corrected chi connectivity index (χ3v) is 4.93. The molecular formula is C21H22N4O3. The third kappa shape index (κ3) is 4.37. The molecule has 28 heavy (non-hydrogen) atoms. The number of amides is 1. The molecule has 1 aliphatic carbocycles. The van der Waals surface area contributed by atoms with Gasteiger partial charge < -0.3 is 15.2 Å². The highest BCUT2D eigenvalue weighted by atomic mass is 16.5. The van der Waals surface area contributed by atoms with E-state index < -0.39 is 6.10 Å². The molecule has 144 valence electrons.